The first-order chi connectivity index (χ1) is 16.0. The van der Waals surface area contributed by atoms with Crippen LogP contribution in [0.4, 0.5) is 11.4 Å². The van der Waals surface area contributed by atoms with Crippen molar-refractivity contribution in [1.82, 2.24) is 9.88 Å². The lowest BCUT2D eigenvalue weighted by atomic mass is 10.1. The zero-order chi connectivity index (χ0) is 23.2. The van der Waals surface area contributed by atoms with E-state index in [0.717, 1.165) is 36.1 Å². The molecule has 1 atom stereocenters. The van der Waals surface area contributed by atoms with Crippen LogP contribution in [0.5, 0.6) is 0 Å². The van der Waals surface area contributed by atoms with Crippen molar-refractivity contribution in [3.8, 4) is 0 Å². The molecule has 0 radical (unpaired) electrons. The zero-order valence-corrected chi connectivity index (χ0v) is 19.9. The van der Waals surface area contributed by atoms with Gasteiger partial charge in [-0.25, -0.2) is 4.98 Å². The number of aliphatic imine (C=N–C) groups is 1. The summed E-state index contributed by atoms with van der Waals surface area (Å²) in [5, 5.41) is 6.73. The van der Waals surface area contributed by atoms with Gasteiger partial charge >= 0.3 is 0 Å². The Hall–Kier alpha value is -2.85. The van der Waals surface area contributed by atoms with Crippen molar-refractivity contribution >= 4 is 57.8 Å². The molecule has 2 N–H and O–H groups in total. The van der Waals surface area contributed by atoms with Crippen molar-refractivity contribution in [1.29, 1.82) is 0 Å². The molecule has 1 fully saturated rings. The van der Waals surface area contributed by atoms with Crippen LogP contribution in [0.2, 0.25) is 0 Å². The molecule has 0 saturated carbocycles. The molecule has 0 spiro atoms. The Bertz CT molecular complexity index is 1050. The molecule has 3 amide bonds. The van der Waals surface area contributed by atoms with Gasteiger partial charge in [0, 0.05) is 30.8 Å². The number of anilines is 2. The molecule has 1 saturated heterocycles. The highest BCUT2D eigenvalue weighted by atomic mass is 32.2. The number of likely N-dealkylation sites (tertiary alicyclic amines) is 1. The molecule has 0 aliphatic carbocycles. The number of piperidine rings is 1. The van der Waals surface area contributed by atoms with Gasteiger partial charge in [0.05, 0.1) is 16.9 Å². The van der Waals surface area contributed by atoms with Crippen molar-refractivity contribution in [2.24, 2.45) is 4.99 Å². The van der Waals surface area contributed by atoms with E-state index >= 15 is 0 Å². The largest absolute Gasteiger partial charge is 0.351 e. The number of hydrogen-bond acceptors (Lipinski definition) is 7. The number of benzene rings is 1. The highest BCUT2D eigenvalue weighted by Crippen LogP contribution is 2.29. The predicted octanol–water partition coefficient (Wildman–Crippen LogP) is 3.87. The molecule has 2 aliphatic rings. The van der Waals surface area contributed by atoms with E-state index < -0.39 is 5.25 Å². The second-order valence-corrected chi connectivity index (χ2v) is 9.76. The van der Waals surface area contributed by atoms with E-state index in [2.05, 4.69) is 25.5 Å². The third kappa shape index (κ3) is 6.14. The summed E-state index contributed by atoms with van der Waals surface area (Å²) in [6.45, 7) is 1.83. The normalized spacial score (nSPS) is 18.1. The maximum absolute atomic E-state index is 12.5. The van der Waals surface area contributed by atoms with Crippen LogP contribution in [0.1, 0.15) is 36.0 Å². The first-order valence-corrected chi connectivity index (χ1v) is 12.9. The minimum absolute atomic E-state index is 0.0611. The number of amides is 3. The van der Waals surface area contributed by atoms with Crippen LogP contribution in [0, 0.1) is 0 Å². The van der Waals surface area contributed by atoms with E-state index in [1.807, 2.05) is 12.3 Å². The Labute approximate surface area is 201 Å². The fourth-order valence-electron chi connectivity index (χ4n) is 3.59. The van der Waals surface area contributed by atoms with Gasteiger partial charge in [0.2, 0.25) is 5.91 Å². The number of hydrogen-bond donors (Lipinski definition) is 2. The van der Waals surface area contributed by atoms with Gasteiger partial charge in [0.15, 0.2) is 5.17 Å². The summed E-state index contributed by atoms with van der Waals surface area (Å²) < 4.78 is 0. The smallest absolute Gasteiger partial charge is 0.262 e. The van der Waals surface area contributed by atoms with Gasteiger partial charge < -0.3 is 15.5 Å². The van der Waals surface area contributed by atoms with Crippen LogP contribution in [-0.2, 0) is 9.59 Å². The van der Waals surface area contributed by atoms with Crippen LogP contribution in [-0.4, -0.2) is 57.4 Å². The van der Waals surface area contributed by atoms with E-state index in [4.69, 9.17) is 0 Å². The summed E-state index contributed by atoms with van der Waals surface area (Å²) >= 11 is 2.91. The van der Waals surface area contributed by atoms with E-state index in [1.165, 1.54) is 29.9 Å². The molecular formula is C23H25N5O3S2. The Morgan fingerprint density at radius 3 is 2.45 bits per heavy atom. The molecule has 1 unspecified atom stereocenters. The molecule has 0 bridgehead atoms. The van der Waals surface area contributed by atoms with Crippen molar-refractivity contribution in [3.05, 3.63) is 48.2 Å². The molecule has 1 aromatic heterocycles. The van der Waals surface area contributed by atoms with Gasteiger partial charge in [0.1, 0.15) is 5.25 Å². The Balaban J connectivity index is 1.27. The molecule has 33 heavy (non-hydrogen) atoms. The third-order valence-electron chi connectivity index (χ3n) is 5.36. The summed E-state index contributed by atoms with van der Waals surface area (Å²) in [4.78, 5) is 47.7. The molecule has 172 valence electrons. The second-order valence-electron chi connectivity index (χ2n) is 7.76. The SMILES string of the molecule is CSc1ccc(NC(=O)c2ccc(NC(=O)CC3SC(N4CCCCC4)=NC3=O)cc2)cn1. The van der Waals surface area contributed by atoms with Crippen LogP contribution in [0.15, 0.2) is 52.6 Å². The van der Waals surface area contributed by atoms with E-state index in [9.17, 15) is 14.4 Å². The van der Waals surface area contributed by atoms with Crippen LogP contribution < -0.4 is 10.6 Å². The predicted molar refractivity (Wildman–Crippen MR) is 133 cm³/mol. The first kappa shape index (κ1) is 23.3. The van der Waals surface area contributed by atoms with Gasteiger partial charge in [-0.1, -0.05) is 11.8 Å². The van der Waals surface area contributed by atoms with Crippen LogP contribution in [0.3, 0.4) is 0 Å². The molecular weight excluding hydrogens is 458 g/mol. The lowest BCUT2D eigenvalue weighted by Crippen LogP contribution is -2.33. The van der Waals surface area contributed by atoms with Gasteiger partial charge in [-0.15, -0.1) is 11.8 Å². The highest BCUT2D eigenvalue weighted by molar-refractivity contribution is 8.15. The quantitative estimate of drug-likeness (QED) is 0.601. The number of nitrogens with one attached hydrogen (secondary N) is 2. The van der Waals surface area contributed by atoms with Crippen LogP contribution in [0.25, 0.3) is 0 Å². The number of rotatable bonds is 6. The zero-order valence-electron chi connectivity index (χ0n) is 18.2. The van der Waals surface area contributed by atoms with Crippen molar-refractivity contribution in [2.75, 3.05) is 30.0 Å². The summed E-state index contributed by atoms with van der Waals surface area (Å²) in [5.41, 5.74) is 1.64. The average Bonchev–Trinajstić information content (AvgIpc) is 3.20. The van der Waals surface area contributed by atoms with Crippen LogP contribution >= 0.6 is 23.5 Å². The molecule has 8 nitrogen and oxygen atoms in total. The summed E-state index contributed by atoms with van der Waals surface area (Å²) in [5.74, 6) is -0.766. The Morgan fingerprint density at radius 2 is 1.79 bits per heavy atom. The van der Waals surface area contributed by atoms with Crippen molar-refractivity contribution < 1.29 is 14.4 Å². The number of amidine groups is 1. The highest BCUT2D eigenvalue weighted by Gasteiger charge is 2.33. The summed E-state index contributed by atoms with van der Waals surface area (Å²) in [7, 11) is 0. The van der Waals surface area contributed by atoms with E-state index in [1.54, 1.807) is 36.5 Å². The molecule has 2 aliphatic heterocycles. The van der Waals surface area contributed by atoms with Crippen molar-refractivity contribution in [2.45, 2.75) is 36.0 Å². The minimum Gasteiger partial charge on any atom is -0.351 e. The third-order valence-corrected chi connectivity index (χ3v) is 7.23. The van der Waals surface area contributed by atoms with Crippen molar-refractivity contribution in [3.63, 3.8) is 0 Å². The topological polar surface area (TPSA) is 104 Å². The van der Waals surface area contributed by atoms with E-state index in [0.29, 0.717) is 16.9 Å². The monoisotopic (exact) mass is 483 g/mol. The standard InChI is InChI=1S/C23H25N5O3S2/c1-32-20-10-9-17(14-24-20)26-21(30)15-5-7-16(8-6-15)25-19(29)13-18-22(31)27-23(33-18)28-11-3-2-4-12-28/h5-10,14,18H,2-4,11-13H2,1H3,(H,25,29)(H,26,30). The maximum Gasteiger partial charge on any atom is 0.262 e. The maximum atomic E-state index is 12.5. The first-order valence-electron chi connectivity index (χ1n) is 10.8. The summed E-state index contributed by atoms with van der Waals surface area (Å²) in [6.07, 6.45) is 7.03. The fraction of sp³-hybridized carbons (Fsp3) is 0.348. The number of carbonyl (C=O) groups is 3. The number of nitrogens with zero attached hydrogens (tertiary/aromatic N) is 3. The molecule has 10 heteroatoms. The molecule has 3 heterocycles. The van der Waals surface area contributed by atoms with Gasteiger partial charge in [-0.3, -0.25) is 14.4 Å². The molecule has 1 aromatic carbocycles. The van der Waals surface area contributed by atoms with Gasteiger partial charge in [-0.05, 0) is 61.9 Å². The number of pyridine rings is 1. The summed E-state index contributed by atoms with van der Waals surface area (Å²) in [6, 6.07) is 10.3. The van der Waals surface area contributed by atoms with E-state index in [-0.39, 0.29) is 24.1 Å². The average molecular weight is 484 g/mol. The van der Waals surface area contributed by atoms with Gasteiger partial charge in [-0.2, -0.15) is 4.99 Å². The second kappa shape index (κ2) is 10.8. The number of carbonyl (C=O) groups excluding carboxylic acids is 3. The number of thioether (sulfide) groups is 2. The minimum atomic E-state index is -0.488. The fourth-order valence-corrected chi connectivity index (χ4v) is 5.07. The lowest BCUT2D eigenvalue weighted by Gasteiger charge is -2.27. The molecule has 2 aromatic rings. The number of aromatic nitrogens is 1. The Kier molecular flexibility index (Phi) is 7.66. The Morgan fingerprint density at radius 1 is 1.06 bits per heavy atom. The van der Waals surface area contributed by atoms with Gasteiger partial charge in [0.25, 0.3) is 11.8 Å². The molecule has 4 rings (SSSR count). The lowest BCUT2D eigenvalue weighted by molar-refractivity contribution is -0.121.